The number of ether oxygens (including phenoxy) is 4. The molecule has 0 aliphatic carbocycles. The summed E-state index contributed by atoms with van der Waals surface area (Å²) in [6.07, 6.45) is 54.1. The quantitative estimate of drug-likeness (QED) is 0.0222. The van der Waals surface area contributed by atoms with Crippen LogP contribution in [0.5, 0.6) is 0 Å². The van der Waals surface area contributed by atoms with Crippen LogP contribution in [0.25, 0.3) is 0 Å². The lowest BCUT2D eigenvalue weighted by Gasteiger charge is -2.21. The van der Waals surface area contributed by atoms with Gasteiger partial charge in [0.15, 0.2) is 12.2 Å². The van der Waals surface area contributed by atoms with E-state index in [9.17, 15) is 43.2 Å². The van der Waals surface area contributed by atoms with Crippen molar-refractivity contribution in [1.29, 1.82) is 0 Å². The number of esters is 4. The third-order valence-corrected chi connectivity index (χ3v) is 20.6. The third-order valence-electron chi connectivity index (χ3n) is 18.7. The maximum absolute atomic E-state index is 13.1. The van der Waals surface area contributed by atoms with Crippen molar-refractivity contribution in [1.82, 2.24) is 0 Å². The number of carbonyl (C=O) groups excluding carboxylic acids is 4. The van der Waals surface area contributed by atoms with E-state index in [1.54, 1.807) is 0 Å². The van der Waals surface area contributed by atoms with Crippen molar-refractivity contribution in [3.05, 3.63) is 0 Å². The zero-order valence-corrected chi connectivity index (χ0v) is 66.2. The zero-order chi connectivity index (χ0) is 72.4. The van der Waals surface area contributed by atoms with Crippen LogP contribution in [0.4, 0.5) is 0 Å². The second kappa shape index (κ2) is 68.2. The van der Waals surface area contributed by atoms with E-state index < -0.39 is 97.5 Å². The summed E-state index contributed by atoms with van der Waals surface area (Å²) >= 11 is 0. The fourth-order valence-corrected chi connectivity index (χ4v) is 13.6. The van der Waals surface area contributed by atoms with Crippen molar-refractivity contribution in [2.45, 2.75) is 420 Å². The lowest BCUT2D eigenvalue weighted by atomic mass is 10.00. The maximum Gasteiger partial charge on any atom is 0.472 e. The molecule has 0 saturated carbocycles. The first-order valence-electron chi connectivity index (χ1n) is 40.7. The van der Waals surface area contributed by atoms with Crippen LogP contribution in [0.15, 0.2) is 0 Å². The summed E-state index contributed by atoms with van der Waals surface area (Å²) in [6, 6.07) is 0. The number of phosphoric acid groups is 2. The molecule has 0 spiro atoms. The molecule has 0 aliphatic rings. The van der Waals surface area contributed by atoms with Gasteiger partial charge in [-0.1, -0.05) is 351 Å². The lowest BCUT2D eigenvalue weighted by molar-refractivity contribution is -0.161. The summed E-state index contributed by atoms with van der Waals surface area (Å²) in [6.45, 7) is 14.2. The summed E-state index contributed by atoms with van der Waals surface area (Å²) < 4.78 is 68.7. The van der Waals surface area contributed by atoms with Gasteiger partial charge in [-0.05, 0) is 49.4 Å². The zero-order valence-electron chi connectivity index (χ0n) is 64.4. The maximum atomic E-state index is 13.1. The Balaban J connectivity index is 5.25. The van der Waals surface area contributed by atoms with Crippen molar-refractivity contribution >= 4 is 39.5 Å². The molecule has 0 aromatic rings. The molecular formula is C79H154O17P2. The van der Waals surface area contributed by atoms with Crippen LogP contribution in [0.2, 0.25) is 0 Å². The van der Waals surface area contributed by atoms with Gasteiger partial charge in [-0.2, -0.15) is 0 Å². The molecular weight excluding hydrogens is 1280 g/mol. The molecule has 6 atom stereocenters. The first-order valence-corrected chi connectivity index (χ1v) is 43.7. The van der Waals surface area contributed by atoms with E-state index in [2.05, 4.69) is 55.4 Å². The fourth-order valence-electron chi connectivity index (χ4n) is 12.0. The Morgan fingerprint density at radius 3 is 0.724 bits per heavy atom. The molecule has 0 fully saturated rings. The minimum absolute atomic E-state index is 0.106. The predicted molar refractivity (Wildman–Crippen MR) is 400 cm³/mol. The first kappa shape index (κ1) is 96.1. The molecule has 17 nitrogen and oxygen atoms in total. The summed E-state index contributed by atoms with van der Waals surface area (Å²) in [5.41, 5.74) is 0. The molecule has 19 heteroatoms. The van der Waals surface area contributed by atoms with Gasteiger partial charge < -0.3 is 33.8 Å². The van der Waals surface area contributed by atoms with Gasteiger partial charge in [0, 0.05) is 25.7 Å². The molecule has 582 valence electrons. The largest absolute Gasteiger partial charge is 0.472 e. The highest BCUT2D eigenvalue weighted by atomic mass is 31.2. The topological polar surface area (TPSA) is 237 Å². The van der Waals surface area contributed by atoms with Gasteiger partial charge in [0.05, 0.1) is 26.4 Å². The molecule has 0 saturated heterocycles. The Kier molecular flexibility index (Phi) is 66.8. The SMILES string of the molecule is CCC(C)CCCCCCCCC(=O)OC[C@H](COP(=O)(O)OC[C@H](O)COP(=O)(O)OC[C@@H](COC(=O)CCCCCCCCCCCCCC(C)C)OC(=O)CCCCCCCCCCCCCCCC(C)C)OC(=O)CCCCCCCCCCCCCCCCCC(C)C. The molecule has 3 N–H and O–H groups in total. The molecule has 0 rings (SSSR count). The Hall–Kier alpha value is -1.94. The van der Waals surface area contributed by atoms with Crippen molar-refractivity contribution in [3.8, 4) is 0 Å². The second-order valence-corrected chi connectivity index (χ2v) is 33.0. The van der Waals surface area contributed by atoms with Gasteiger partial charge in [0.1, 0.15) is 19.3 Å². The Morgan fingerprint density at radius 1 is 0.286 bits per heavy atom. The predicted octanol–water partition coefficient (Wildman–Crippen LogP) is 23.2. The van der Waals surface area contributed by atoms with Crippen LogP contribution in [0, 0.1) is 23.7 Å². The van der Waals surface area contributed by atoms with Crippen LogP contribution in [-0.2, 0) is 65.4 Å². The number of hydrogen-bond acceptors (Lipinski definition) is 15. The van der Waals surface area contributed by atoms with Crippen LogP contribution in [0.1, 0.15) is 402 Å². The van der Waals surface area contributed by atoms with Crippen molar-refractivity contribution in [3.63, 3.8) is 0 Å². The van der Waals surface area contributed by atoms with E-state index in [1.165, 1.54) is 199 Å². The summed E-state index contributed by atoms with van der Waals surface area (Å²) in [7, 11) is -9.92. The summed E-state index contributed by atoms with van der Waals surface area (Å²) in [4.78, 5) is 73.0. The Bertz CT molecular complexity index is 1920. The summed E-state index contributed by atoms with van der Waals surface area (Å²) in [5, 5.41) is 10.6. The number of unbranched alkanes of at least 4 members (excludes halogenated alkanes) is 41. The van der Waals surface area contributed by atoms with Gasteiger partial charge in [-0.3, -0.25) is 37.3 Å². The normalized spacial score (nSPS) is 14.3. The molecule has 0 radical (unpaired) electrons. The number of phosphoric ester groups is 2. The van der Waals surface area contributed by atoms with Crippen LogP contribution < -0.4 is 0 Å². The van der Waals surface area contributed by atoms with Gasteiger partial charge in [-0.15, -0.1) is 0 Å². The Labute approximate surface area is 600 Å². The third kappa shape index (κ3) is 71.1. The van der Waals surface area contributed by atoms with Crippen molar-refractivity contribution in [2.75, 3.05) is 39.6 Å². The highest BCUT2D eigenvalue weighted by molar-refractivity contribution is 7.47. The number of rotatable bonds is 76. The van der Waals surface area contributed by atoms with Crippen molar-refractivity contribution < 1.29 is 80.2 Å². The molecule has 0 amide bonds. The number of carbonyl (C=O) groups is 4. The van der Waals surface area contributed by atoms with E-state index in [0.29, 0.717) is 25.7 Å². The van der Waals surface area contributed by atoms with Gasteiger partial charge in [0.25, 0.3) is 0 Å². The van der Waals surface area contributed by atoms with E-state index in [0.717, 1.165) is 120 Å². The first-order chi connectivity index (χ1) is 47.1. The van der Waals surface area contributed by atoms with Gasteiger partial charge in [-0.25, -0.2) is 9.13 Å². The standard InChI is InChI=1S/C79H154O17P2/c1-9-72(8)58-50-42-37-38-44-52-60-77(82)90-66-75(96-79(84)61-53-45-35-29-22-16-12-10-11-14-19-25-31-39-47-55-69(2)3)68-94-98(87,88)92-64-73(80)63-91-97(85,86)93-67-74(65-89-76(81)59-51-43-34-28-24-18-21-27-33-41-49-57-71(6)7)95-78(83)62-54-46-36-30-23-17-13-15-20-26-32-40-48-56-70(4)5/h69-75,80H,9-68H2,1-8H3,(H,85,86)(H,87,88)/t72?,73-,74-,75-/m1/s1. The molecule has 98 heavy (non-hydrogen) atoms. The monoisotopic (exact) mass is 1440 g/mol. The van der Waals surface area contributed by atoms with E-state index >= 15 is 0 Å². The van der Waals surface area contributed by atoms with Crippen LogP contribution in [0.3, 0.4) is 0 Å². The summed E-state index contributed by atoms with van der Waals surface area (Å²) in [5.74, 6) is 0.974. The van der Waals surface area contributed by atoms with Gasteiger partial charge in [0.2, 0.25) is 0 Å². The van der Waals surface area contributed by atoms with Crippen LogP contribution >= 0.6 is 15.6 Å². The number of aliphatic hydroxyl groups excluding tert-OH is 1. The molecule has 0 aliphatic heterocycles. The molecule has 0 bridgehead atoms. The number of hydrogen-bond donors (Lipinski definition) is 3. The molecule has 3 unspecified atom stereocenters. The van der Waals surface area contributed by atoms with E-state index in [1.807, 2.05) is 0 Å². The lowest BCUT2D eigenvalue weighted by Crippen LogP contribution is -2.30. The second-order valence-electron chi connectivity index (χ2n) is 30.1. The number of aliphatic hydroxyl groups is 1. The smallest absolute Gasteiger partial charge is 0.462 e. The van der Waals surface area contributed by atoms with E-state index in [4.69, 9.17) is 37.0 Å². The van der Waals surface area contributed by atoms with Crippen LogP contribution in [-0.4, -0.2) is 96.7 Å². The minimum Gasteiger partial charge on any atom is -0.462 e. The fraction of sp³-hybridized carbons (Fsp3) is 0.949. The Morgan fingerprint density at radius 2 is 0.490 bits per heavy atom. The average Bonchev–Trinajstić information content (AvgIpc) is 1.07. The van der Waals surface area contributed by atoms with E-state index in [-0.39, 0.29) is 25.7 Å². The van der Waals surface area contributed by atoms with Gasteiger partial charge >= 0.3 is 39.5 Å². The molecule has 0 heterocycles. The highest BCUT2D eigenvalue weighted by Crippen LogP contribution is 2.45. The molecule has 0 aromatic carbocycles. The highest BCUT2D eigenvalue weighted by Gasteiger charge is 2.30. The van der Waals surface area contributed by atoms with Crippen molar-refractivity contribution in [2.24, 2.45) is 23.7 Å². The minimum atomic E-state index is -4.96. The molecule has 0 aromatic heterocycles. The average molecular weight is 1440 g/mol.